The van der Waals surface area contributed by atoms with Gasteiger partial charge in [-0.3, -0.25) is 0 Å². The molecule has 6 nitrogen and oxygen atoms in total. The van der Waals surface area contributed by atoms with Crippen molar-refractivity contribution >= 4 is 5.96 Å². The summed E-state index contributed by atoms with van der Waals surface area (Å²) in [5.74, 6) is 0.891. The summed E-state index contributed by atoms with van der Waals surface area (Å²) in [7, 11) is 0. The third-order valence-electron chi connectivity index (χ3n) is 3.74. The highest BCUT2D eigenvalue weighted by molar-refractivity contribution is 5.79. The maximum atomic E-state index is 12.2. The molecule has 0 aromatic carbocycles. The van der Waals surface area contributed by atoms with Gasteiger partial charge in [-0.15, -0.1) is 0 Å². The Morgan fingerprint density at radius 3 is 2.70 bits per heavy atom. The van der Waals surface area contributed by atoms with Gasteiger partial charge in [0.2, 0.25) is 5.88 Å². The van der Waals surface area contributed by atoms with Gasteiger partial charge in [-0.1, -0.05) is 13.3 Å². The van der Waals surface area contributed by atoms with Crippen molar-refractivity contribution in [1.82, 2.24) is 15.6 Å². The van der Waals surface area contributed by atoms with E-state index in [0.29, 0.717) is 30.5 Å². The minimum Gasteiger partial charge on any atom is -0.468 e. The van der Waals surface area contributed by atoms with Crippen LogP contribution in [-0.4, -0.2) is 48.5 Å². The van der Waals surface area contributed by atoms with Crippen LogP contribution in [0, 0.1) is 5.92 Å². The van der Waals surface area contributed by atoms with Crippen LogP contribution in [0.1, 0.15) is 38.7 Å². The monoisotopic (exact) mass is 390 g/mol. The highest BCUT2D eigenvalue weighted by Gasteiger charge is 2.28. The molecule has 3 N–H and O–H groups in total. The number of pyridine rings is 1. The molecule has 154 valence electrons. The van der Waals surface area contributed by atoms with E-state index in [-0.39, 0.29) is 19.0 Å². The van der Waals surface area contributed by atoms with E-state index in [1.54, 1.807) is 6.07 Å². The summed E-state index contributed by atoms with van der Waals surface area (Å²) < 4.78 is 41.4. The Balaban J connectivity index is 2.66. The summed E-state index contributed by atoms with van der Waals surface area (Å²) >= 11 is 0. The molecule has 1 atom stereocenters. The zero-order chi connectivity index (χ0) is 20.1. The van der Waals surface area contributed by atoms with Gasteiger partial charge in [-0.25, -0.2) is 9.98 Å². The van der Waals surface area contributed by atoms with Crippen molar-refractivity contribution in [2.75, 3.05) is 26.3 Å². The van der Waals surface area contributed by atoms with Crippen molar-refractivity contribution in [3.05, 3.63) is 23.9 Å². The summed E-state index contributed by atoms with van der Waals surface area (Å²) in [5, 5.41) is 15.5. The van der Waals surface area contributed by atoms with Gasteiger partial charge in [0.15, 0.2) is 12.6 Å². The van der Waals surface area contributed by atoms with Crippen LogP contribution in [0.4, 0.5) is 13.2 Å². The maximum absolute atomic E-state index is 12.2. The molecule has 1 aromatic heterocycles. The molecule has 0 aliphatic carbocycles. The average molecular weight is 390 g/mol. The number of nitrogens with zero attached hydrogens (tertiary/aromatic N) is 2. The number of nitrogens with one attached hydrogen (secondary N) is 2. The minimum atomic E-state index is -4.40. The third-order valence-corrected chi connectivity index (χ3v) is 3.74. The zero-order valence-electron chi connectivity index (χ0n) is 15.9. The molecule has 0 spiro atoms. The number of hydrogen-bond acceptors (Lipinski definition) is 4. The van der Waals surface area contributed by atoms with Gasteiger partial charge in [0.05, 0.1) is 6.54 Å². The predicted molar refractivity (Wildman–Crippen MR) is 98.7 cm³/mol. The Kier molecular flexibility index (Phi) is 10.5. The number of aliphatic hydroxyl groups is 1. The maximum Gasteiger partial charge on any atom is 0.422 e. The molecule has 0 saturated carbocycles. The molecule has 0 bridgehead atoms. The molecule has 9 heteroatoms. The van der Waals surface area contributed by atoms with Crippen LogP contribution >= 0.6 is 0 Å². The van der Waals surface area contributed by atoms with Gasteiger partial charge in [-0.05, 0) is 37.3 Å². The van der Waals surface area contributed by atoms with Crippen LogP contribution in [0.2, 0.25) is 0 Å². The fraction of sp³-hybridized carbons (Fsp3) is 0.667. The number of aromatic nitrogens is 1. The van der Waals surface area contributed by atoms with Gasteiger partial charge in [-0.2, -0.15) is 13.2 Å². The fourth-order valence-electron chi connectivity index (χ4n) is 2.48. The lowest BCUT2D eigenvalue weighted by atomic mass is 10.0. The first-order valence-corrected chi connectivity index (χ1v) is 9.15. The average Bonchev–Trinajstić information content (AvgIpc) is 2.62. The normalized spacial score (nSPS) is 13.3. The van der Waals surface area contributed by atoms with Gasteiger partial charge in [0, 0.05) is 32.0 Å². The van der Waals surface area contributed by atoms with E-state index >= 15 is 0 Å². The lowest BCUT2D eigenvalue weighted by molar-refractivity contribution is -0.154. The van der Waals surface area contributed by atoms with Crippen LogP contribution in [0.15, 0.2) is 23.3 Å². The van der Waals surface area contributed by atoms with Crippen molar-refractivity contribution < 1.29 is 23.0 Å². The molecule has 1 rings (SSSR count). The number of aliphatic imine (C=N–C) groups is 1. The van der Waals surface area contributed by atoms with E-state index in [2.05, 4.69) is 32.3 Å². The van der Waals surface area contributed by atoms with E-state index in [1.807, 2.05) is 6.92 Å². The molecule has 0 aliphatic rings. The van der Waals surface area contributed by atoms with E-state index < -0.39 is 12.8 Å². The molecule has 0 radical (unpaired) electrons. The molecular formula is C18H29F3N4O2. The van der Waals surface area contributed by atoms with Gasteiger partial charge >= 0.3 is 6.18 Å². The number of aliphatic hydroxyl groups excluding tert-OH is 1. The second-order valence-electron chi connectivity index (χ2n) is 6.15. The Hall–Kier alpha value is -2.03. The lowest BCUT2D eigenvalue weighted by Crippen LogP contribution is -2.40. The molecule has 0 amide bonds. The van der Waals surface area contributed by atoms with Crippen molar-refractivity contribution in [3.8, 4) is 5.88 Å². The second-order valence-corrected chi connectivity index (χ2v) is 6.15. The Morgan fingerprint density at radius 2 is 2.07 bits per heavy atom. The summed E-state index contributed by atoms with van der Waals surface area (Å²) in [4.78, 5) is 8.23. The quantitative estimate of drug-likeness (QED) is 0.400. The molecule has 0 saturated heterocycles. The number of alkyl halides is 3. The van der Waals surface area contributed by atoms with Crippen molar-refractivity contribution in [3.63, 3.8) is 0 Å². The molecular weight excluding hydrogens is 361 g/mol. The predicted octanol–water partition coefficient (Wildman–Crippen LogP) is 2.88. The Morgan fingerprint density at radius 1 is 1.30 bits per heavy atom. The first-order valence-electron chi connectivity index (χ1n) is 9.15. The summed E-state index contributed by atoms with van der Waals surface area (Å²) in [5.41, 5.74) is 0.694. The van der Waals surface area contributed by atoms with Crippen molar-refractivity contribution in [1.29, 1.82) is 0 Å². The Bertz CT molecular complexity index is 562. The highest BCUT2D eigenvalue weighted by Crippen LogP contribution is 2.17. The van der Waals surface area contributed by atoms with E-state index in [0.717, 1.165) is 19.3 Å². The number of guanidine groups is 1. The fourth-order valence-corrected chi connectivity index (χ4v) is 2.48. The molecule has 0 fully saturated rings. The Labute approximate surface area is 158 Å². The summed E-state index contributed by atoms with van der Waals surface area (Å²) in [6, 6.07) is 3.13. The van der Waals surface area contributed by atoms with E-state index in [1.165, 1.54) is 12.3 Å². The summed E-state index contributed by atoms with van der Waals surface area (Å²) in [6.07, 6.45) is -0.226. The van der Waals surface area contributed by atoms with Gasteiger partial charge < -0.3 is 20.5 Å². The van der Waals surface area contributed by atoms with Crippen LogP contribution in [0.5, 0.6) is 5.88 Å². The number of rotatable bonds is 11. The molecule has 1 heterocycles. The van der Waals surface area contributed by atoms with Crippen molar-refractivity contribution in [2.24, 2.45) is 10.9 Å². The number of ether oxygens (including phenoxy) is 1. The SMILES string of the molecule is CCCC(CCO)CNC(=NCc1ccnc(OCC(F)(F)F)c1)NCC. The van der Waals surface area contributed by atoms with Gasteiger partial charge in [0.25, 0.3) is 0 Å². The topological polar surface area (TPSA) is 78.8 Å². The van der Waals surface area contributed by atoms with Crippen LogP contribution in [0.3, 0.4) is 0 Å². The zero-order valence-corrected chi connectivity index (χ0v) is 15.9. The molecule has 0 aliphatic heterocycles. The van der Waals surface area contributed by atoms with E-state index in [9.17, 15) is 13.2 Å². The smallest absolute Gasteiger partial charge is 0.422 e. The standard InChI is InChI=1S/C18H29F3N4O2/c1-3-5-14(7-9-26)11-24-17(22-4-2)25-12-15-6-8-23-16(10-15)27-13-18(19,20)21/h6,8,10,14,26H,3-5,7,9,11-13H2,1-2H3,(H2,22,24,25). The minimum absolute atomic E-state index is 0.0797. The largest absolute Gasteiger partial charge is 0.468 e. The summed E-state index contributed by atoms with van der Waals surface area (Å²) in [6.45, 7) is 4.48. The third kappa shape index (κ3) is 10.6. The van der Waals surface area contributed by atoms with Crippen LogP contribution in [-0.2, 0) is 6.54 Å². The number of hydrogen-bond donors (Lipinski definition) is 3. The molecule has 1 unspecified atom stereocenters. The number of halogens is 3. The van der Waals surface area contributed by atoms with Crippen molar-refractivity contribution in [2.45, 2.75) is 45.8 Å². The first kappa shape index (κ1) is 23.0. The van der Waals surface area contributed by atoms with Crippen LogP contribution in [0.25, 0.3) is 0 Å². The highest BCUT2D eigenvalue weighted by atomic mass is 19.4. The molecule has 27 heavy (non-hydrogen) atoms. The molecule has 1 aromatic rings. The van der Waals surface area contributed by atoms with Gasteiger partial charge in [0.1, 0.15) is 0 Å². The van der Waals surface area contributed by atoms with Crippen LogP contribution < -0.4 is 15.4 Å². The van der Waals surface area contributed by atoms with E-state index in [4.69, 9.17) is 5.11 Å². The second kappa shape index (κ2) is 12.4. The lowest BCUT2D eigenvalue weighted by Gasteiger charge is -2.18. The first-order chi connectivity index (χ1) is 12.9.